The summed E-state index contributed by atoms with van der Waals surface area (Å²) in [6.07, 6.45) is 3.54. The molecule has 1 aliphatic rings. The van der Waals surface area contributed by atoms with E-state index in [1.165, 1.54) is 12.1 Å². The van der Waals surface area contributed by atoms with E-state index in [0.29, 0.717) is 50.0 Å². The number of aryl methyl sites for hydroxylation is 1. The third-order valence-corrected chi connectivity index (χ3v) is 4.58. The fraction of sp³-hybridized carbons (Fsp3) is 0.368. The minimum absolute atomic E-state index is 0.113. The van der Waals surface area contributed by atoms with E-state index in [9.17, 15) is 4.39 Å². The van der Waals surface area contributed by atoms with Crippen molar-refractivity contribution in [1.82, 2.24) is 24.5 Å². The molecule has 10 heteroatoms. The lowest BCUT2D eigenvalue weighted by atomic mass is 10.1. The molecule has 1 aromatic carbocycles. The van der Waals surface area contributed by atoms with Crippen molar-refractivity contribution in [2.75, 3.05) is 41.8 Å². The molecule has 1 saturated heterocycles. The van der Waals surface area contributed by atoms with Gasteiger partial charge in [0.2, 0.25) is 17.8 Å². The molecule has 0 amide bonds. The number of benzene rings is 1. The summed E-state index contributed by atoms with van der Waals surface area (Å²) in [5.74, 6) is 1.77. The minimum Gasteiger partial charge on any atom is -0.378 e. The molecule has 3 heterocycles. The number of ether oxygens (including phenoxy) is 1. The van der Waals surface area contributed by atoms with Gasteiger partial charge in [-0.15, -0.1) is 0 Å². The van der Waals surface area contributed by atoms with Crippen molar-refractivity contribution in [2.24, 2.45) is 7.05 Å². The second-order valence-electron chi connectivity index (χ2n) is 6.85. The lowest BCUT2D eigenvalue weighted by Gasteiger charge is -2.27. The maximum Gasteiger partial charge on any atom is 0.235 e. The molecule has 1 aliphatic heterocycles. The first-order valence-corrected chi connectivity index (χ1v) is 9.42. The number of anilines is 4. The Morgan fingerprint density at radius 2 is 1.79 bits per heavy atom. The molecule has 0 spiro atoms. The predicted octanol–water partition coefficient (Wildman–Crippen LogP) is 2.50. The molecular formula is C19H23FN8O. The Labute approximate surface area is 168 Å². The monoisotopic (exact) mass is 398 g/mol. The summed E-state index contributed by atoms with van der Waals surface area (Å²) >= 11 is 0. The normalized spacial score (nSPS) is 15.2. The standard InChI is InChI=1S/C19H23FN8O/c1-13(14-3-5-15(20)6-4-14)22-17-24-18(23-16-11-27(2)12-21-16)26-19(25-17)28-7-9-29-10-8-28/h3-6,11-13H,7-10H2,1-2H3,(H2,22,23,24,25,26). The number of hydrogen-bond donors (Lipinski definition) is 2. The van der Waals surface area contributed by atoms with Crippen molar-refractivity contribution in [2.45, 2.75) is 13.0 Å². The molecule has 1 unspecified atom stereocenters. The molecule has 0 bridgehead atoms. The van der Waals surface area contributed by atoms with Gasteiger partial charge in [0.25, 0.3) is 0 Å². The Morgan fingerprint density at radius 3 is 2.48 bits per heavy atom. The molecular weight excluding hydrogens is 375 g/mol. The van der Waals surface area contributed by atoms with Gasteiger partial charge in [-0.3, -0.25) is 0 Å². The SMILES string of the molecule is CC(Nc1nc(Nc2cn(C)cn2)nc(N2CCOCC2)n1)c1ccc(F)cc1. The Balaban J connectivity index is 1.60. The predicted molar refractivity (Wildman–Crippen MR) is 108 cm³/mol. The summed E-state index contributed by atoms with van der Waals surface area (Å²) in [6, 6.07) is 6.24. The van der Waals surface area contributed by atoms with E-state index in [1.54, 1.807) is 18.5 Å². The zero-order valence-corrected chi connectivity index (χ0v) is 16.3. The summed E-state index contributed by atoms with van der Waals surface area (Å²) in [6.45, 7) is 4.64. The number of nitrogens with zero attached hydrogens (tertiary/aromatic N) is 6. The van der Waals surface area contributed by atoms with Crippen LogP contribution in [0.3, 0.4) is 0 Å². The zero-order valence-electron chi connectivity index (χ0n) is 16.3. The Bertz CT molecular complexity index is 955. The number of aromatic nitrogens is 5. The van der Waals surface area contributed by atoms with E-state index in [4.69, 9.17) is 4.74 Å². The molecule has 1 fully saturated rings. The van der Waals surface area contributed by atoms with Gasteiger partial charge in [-0.25, -0.2) is 9.37 Å². The zero-order chi connectivity index (χ0) is 20.2. The summed E-state index contributed by atoms with van der Waals surface area (Å²) in [5.41, 5.74) is 0.930. The van der Waals surface area contributed by atoms with Gasteiger partial charge >= 0.3 is 0 Å². The van der Waals surface area contributed by atoms with Gasteiger partial charge in [0.1, 0.15) is 5.82 Å². The Morgan fingerprint density at radius 1 is 1.07 bits per heavy atom. The van der Waals surface area contributed by atoms with Gasteiger partial charge < -0.3 is 24.8 Å². The van der Waals surface area contributed by atoms with Crippen LogP contribution in [-0.4, -0.2) is 50.8 Å². The van der Waals surface area contributed by atoms with E-state index in [0.717, 1.165) is 5.56 Å². The summed E-state index contributed by atoms with van der Waals surface area (Å²) in [7, 11) is 1.89. The van der Waals surface area contributed by atoms with Crippen LogP contribution in [0.2, 0.25) is 0 Å². The molecule has 0 radical (unpaired) electrons. The summed E-state index contributed by atoms with van der Waals surface area (Å²) in [4.78, 5) is 19.9. The van der Waals surface area contributed by atoms with E-state index in [2.05, 4.69) is 35.5 Å². The topological polar surface area (TPSA) is 93.0 Å². The number of halogens is 1. The van der Waals surface area contributed by atoms with Crippen LogP contribution < -0.4 is 15.5 Å². The van der Waals surface area contributed by atoms with Crippen LogP contribution in [0.5, 0.6) is 0 Å². The number of rotatable bonds is 6. The minimum atomic E-state index is -0.266. The van der Waals surface area contributed by atoms with Gasteiger partial charge in [0, 0.05) is 26.3 Å². The van der Waals surface area contributed by atoms with Gasteiger partial charge in [0.05, 0.1) is 25.6 Å². The average Bonchev–Trinajstić information content (AvgIpc) is 3.13. The van der Waals surface area contributed by atoms with Crippen LogP contribution >= 0.6 is 0 Å². The van der Waals surface area contributed by atoms with Crippen molar-refractivity contribution < 1.29 is 9.13 Å². The fourth-order valence-corrected chi connectivity index (χ4v) is 3.01. The number of imidazole rings is 1. The molecule has 4 rings (SSSR count). The Hall–Kier alpha value is -3.27. The van der Waals surface area contributed by atoms with Crippen LogP contribution in [0.1, 0.15) is 18.5 Å². The average molecular weight is 398 g/mol. The highest BCUT2D eigenvalue weighted by Crippen LogP contribution is 2.21. The van der Waals surface area contributed by atoms with Crippen LogP contribution in [0, 0.1) is 5.82 Å². The van der Waals surface area contributed by atoms with Crippen molar-refractivity contribution in [1.29, 1.82) is 0 Å². The first-order chi connectivity index (χ1) is 14.1. The highest BCUT2D eigenvalue weighted by molar-refractivity contribution is 5.52. The number of nitrogens with one attached hydrogen (secondary N) is 2. The Kier molecular flexibility index (Phi) is 5.52. The molecule has 1 atom stereocenters. The van der Waals surface area contributed by atoms with E-state index in [1.807, 2.05) is 24.7 Å². The maximum absolute atomic E-state index is 13.2. The van der Waals surface area contributed by atoms with E-state index < -0.39 is 0 Å². The third kappa shape index (κ3) is 4.77. The molecule has 2 N–H and O–H groups in total. The second-order valence-corrected chi connectivity index (χ2v) is 6.85. The molecule has 152 valence electrons. The largest absolute Gasteiger partial charge is 0.378 e. The first kappa shape index (κ1) is 19.1. The maximum atomic E-state index is 13.2. The van der Waals surface area contributed by atoms with Crippen molar-refractivity contribution in [3.05, 3.63) is 48.2 Å². The second kappa shape index (κ2) is 8.39. The quantitative estimate of drug-likeness (QED) is 0.654. The number of hydrogen-bond acceptors (Lipinski definition) is 8. The summed E-state index contributed by atoms with van der Waals surface area (Å²) in [5, 5.41) is 6.40. The smallest absolute Gasteiger partial charge is 0.235 e. The van der Waals surface area contributed by atoms with Crippen molar-refractivity contribution in [3.8, 4) is 0 Å². The lowest BCUT2D eigenvalue weighted by Crippen LogP contribution is -2.37. The molecule has 3 aromatic rings. The highest BCUT2D eigenvalue weighted by Gasteiger charge is 2.18. The molecule has 29 heavy (non-hydrogen) atoms. The van der Waals surface area contributed by atoms with Gasteiger partial charge in [-0.1, -0.05) is 12.1 Å². The van der Waals surface area contributed by atoms with Crippen LogP contribution in [0.25, 0.3) is 0 Å². The van der Waals surface area contributed by atoms with Crippen LogP contribution in [-0.2, 0) is 11.8 Å². The molecule has 9 nitrogen and oxygen atoms in total. The van der Waals surface area contributed by atoms with Crippen molar-refractivity contribution >= 4 is 23.7 Å². The molecule has 2 aromatic heterocycles. The number of morpholine rings is 1. The van der Waals surface area contributed by atoms with Gasteiger partial charge in [0.15, 0.2) is 5.82 Å². The van der Waals surface area contributed by atoms with E-state index in [-0.39, 0.29) is 11.9 Å². The lowest BCUT2D eigenvalue weighted by molar-refractivity contribution is 0.122. The van der Waals surface area contributed by atoms with Crippen LogP contribution in [0.15, 0.2) is 36.8 Å². The van der Waals surface area contributed by atoms with Gasteiger partial charge in [-0.2, -0.15) is 15.0 Å². The summed E-state index contributed by atoms with van der Waals surface area (Å²) < 4.78 is 20.5. The molecule has 0 aliphatic carbocycles. The van der Waals surface area contributed by atoms with E-state index >= 15 is 0 Å². The van der Waals surface area contributed by atoms with Crippen LogP contribution in [0.4, 0.5) is 28.1 Å². The van der Waals surface area contributed by atoms with Gasteiger partial charge in [-0.05, 0) is 24.6 Å². The molecule has 0 saturated carbocycles. The fourth-order valence-electron chi connectivity index (χ4n) is 3.01. The third-order valence-electron chi connectivity index (χ3n) is 4.58. The van der Waals surface area contributed by atoms with Crippen molar-refractivity contribution in [3.63, 3.8) is 0 Å². The first-order valence-electron chi connectivity index (χ1n) is 9.42. The highest BCUT2D eigenvalue weighted by atomic mass is 19.1.